The Morgan fingerprint density at radius 3 is 1.89 bits per heavy atom. The molecule has 0 aromatic carbocycles. The van der Waals surface area contributed by atoms with Gasteiger partial charge in [-0.1, -0.05) is 27.1 Å². The Labute approximate surface area is 130 Å². The van der Waals surface area contributed by atoms with E-state index in [0.717, 1.165) is 49.4 Å². The molecule has 0 aliphatic heterocycles. The maximum Gasteiger partial charge on any atom is 0.199 e. The van der Waals surface area contributed by atoms with Crippen molar-refractivity contribution in [3.8, 4) is 0 Å². The zero-order valence-electron chi connectivity index (χ0n) is 10.4. The molecule has 4 N–H and O–H groups in total. The van der Waals surface area contributed by atoms with Crippen molar-refractivity contribution in [1.82, 2.24) is 14.6 Å². The fraction of sp³-hybridized carbons (Fsp3) is 1.00. The zero-order chi connectivity index (χ0) is 13.9. The van der Waals surface area contributed by atoms with Crippen molar-refractivity contribution >= 4 is 46.8 Å². The first-order chi connectivity index (χ1) is 8.50. The third kappa shape index (κ3) is 10.9. The van der Waals surface area contributed by atoms with Crippen LogP contribution in [0, 0.1) is 0 Å². The molecule has 0 amide bonds. The summed E-state index contributed by atoms with van der Waals surface area (Å²) in [7, 11) is 0. The van der Waals surface area contributed by atoms with Crippen molar-refractivity contribution in [2.75, 3.05) is 32.7 Å². The molecular formula is C10H22Cl4N4. The Kier molecular flexibility index (Phi) is 12.5. The molecule has 0 aliphatic rings. The first-order valence-corrected chi connectivity index (χ1v) is 7.55. The Hall–Kier alpha value is 1.00. The molecule has 8 heteroatoms. The van der Waals surface area contributed by atoms with E-state index in [4.69, 9.17) is 52.5 Å². The molecule has 0 aliphatic carbocycles. The van der Waals surface area contributed by atoms with Gasteiger partial charge in [0.2, 0.25) is 0 Å². The highest BCUT2D eigenvalue weighted by Gasteiger charge is 2.29. The van der Waals surface area contributed by atoms with Crippen LogP contribution in [0.2, 0.25) is 0 Å². The summed E-state index contributed by atoms with van der Waals surface area (Å²) in [5.74, 6) is 0. The van der Waals surface area contributed by atoms with Crippen molar-refractivity contribution in [3.05, 3.63) is 0 Å². The second kappa shape index (κ2) is 11.8. The third-order valence-corrected chi connectivity index (χ3v) is 4.00. The highest BCUT2D eigenvalue weighted by Crippen LogP contribution is 2.32. The average molecular weight is 340 g/mol. The highest BCUT2D eigenvalue weighted by atomic mass is 35.6. The topological polar surface area (TPSA) is 53.3 Å². The lowest BCUT2D eigenvalue weighted by atomic mass is 10.3. The van der Waals surface area contributed by atoms with Crippen molar-refractivity contribution in [2.45, 2.75) is 30.1 Å². The molecule has 0 rings (SSSR count). The molecule has 0 fully saturated rings. The summed E-state index contributed by atoms with van der Waals surface area (Å²) in [6.45, 7) is 4.35. The van der Waals surface area contributed by atoms with Gasteiger partial charge in [0.15, 0.2) is 4.46 Å². The first kappa shape index (κ1) is 19.0. The number of alkyl halides is 2. The zero-order valence-corrected chi connectivity index (χ0v) is 13.4. The van der Waals surface area contributed by atoms with Crippen molar-refractivity contribution in [3.63, 3.8) is 0 Å². The van der Waals surface area contributed by atoms with E-state index in [2.05, 4.69) is 10.6 Å². The lowest BCUT2D eigenvalue weighted by molar-refractivity contribution is 0.495. The molecule has 0 unspecified atom stereocenters. The van der Waals surface area contributed by atoms with Crippen molar-refractivity contribution in [1.29, 1.82) is 0 Å². The third-order valence-electron chi connectivity index (χ3n) is 2.36. The van der Waals surface area contributed by atoms with Gasteiger partial charge in [0.25, 0.3) is 0 Å². The monoisotopic (exact) mass is 338 g/mol. The van der Waals surface area contributed by atoms with E-state index in [1.807, 2.05) is 0 Å². The van der Waals surface area contributed by atoms with Gasteiger partial charge in [0, 0.05) is 6.42 Å². The summed E-state index contributed by atoms with van der Waals surface area (Å²) >= 11 is 22.7. The van der Waals surface area contributed by atoms with E-state index in [1.54, 1.807) is 0 Å². The van der Waals surface area contributed by atoms with E-state index in [1.165, 1.54) is 0 Å². The van der Waals surface area contributed by atoms with Crippen LogP contribution in [0.1, 0.15) is 25.7 Å². The lowest BCUT2D eigenvalue weighted by Gasteiger charge is -2.22. The average Bonchev–Trinajstić information content (AvgIpc) is 2.31. The molecule has 0 saturated carbocycles. The van der Waals surface area contributed by atoms with E-state index in [0.29, 0.717) is 13.0 Å². The number of hydrogen-bond donors (Lipinski definition) is 3. The quantitative estimate of drug-likeness (QED) is 0.221. The predicted octanol–water partition coefficient (Wildman–Crippen LogP) is 2.43. The molecule has 0 spiro atoms. The smallest absolute Gasteiger partial charge is 0.199 e. The van der Waals surface area contributed by atoms with E-state index >= 15 is 0 Å². The summed E-state index contributed by atoms with van der Waals surface area (Å²) < 4.78 is -0.473. The highest BCUT2D eigenvalue weighted by molar-refractivity contribution is 6.53. The largest absolute Gasteiger partial charge is 0.330 e. The maximum atomic E-state index is 5.85. The van der Waals surface area contributed by atoms with Crippen LogP contribution in [0.5, 0.6) is 0 Å². The number of unbranched alkanes of at least 4 members (excludes halogenated alkanes) is 1. The standard InChI is InChI=1S/C10H22Cl4N4/c11-10(12,18(13)14)4-9-17-7-2-1-6-16-8-3-5-15/h16-17H,1-9,15H2. The summed E-state index contributed by atoms with van der Waals surface area (Å²) in [5, 5.41) is 6.56. The minimum Gasteiger partial charge on any atom is -0.330 e. The first-order valence-electron chi connectivity index (χ1n) is 6.12. The summed E-state index contributed by atoms with van der Waals surface area (Å²) in [6.07, 6.45) is 3.71. The van der Waals surface area contributed by atoms with Gasteiger partial charge in [-0.2, -0.15) is 0 Å². The van der Waals surface area contributed by atoms with Crippen molar-refractivity contribution < 1.29 is 0 Å². The molecule has 0 aromatic heterocycles. The maximum absolute atomic E-state index is 5.85. The SMILES string of the molecule is NCCCNCCCCNCCC(Cl)(Cl)N(Cl)Cl. The second-order valence-electron chi connectivity index (χ2n) is 4.00. The second-order valence-corrected chi connectivity index (χ2v) is 6.29. The van der Waals surface area contributed by atoms with E-state index < -0.39 is 4.46 Å². The van der Waals surface area contributed by atoms with E-state index in [9.17, 15) is 0 Å². The molecule has 0 atom stereocenters. The summed E-state index contributed by atoms with van der Waals surface area (Å²) in [4.78, 5) is 0. The Bertz CT molecular complexity index is 193. The van der Waals surface area contributed by atoms with Gasteiger partial charge in [-0.05, 0) is 75.5 Å². The van der Waals surface area contributed by atoms with E-state index in [-0.39, 0.29) is 0 Å². The number of rotatable bonds is 12. The number of nitrogens with zero attached hydrogens (tertiary/aromatic N) is 1. The van der Waals surface area contributed by atoms with Crippen LogP contribution in [0.3, 0.4) is 0 Å². The van der Waals surface area contributed by atoms with Crippen LogP contribution in [-0.4, -0.2) is 41.1 Å². The predicted molar refractivity (Wildman–Crippen MR) is 81.2 cm³/mol. The molecule has 18 heavy (non-hydrogen) atoms. The van der Waals surface area contributed by atoms with Crippen LogP contribution in [0.4, 0.5) is 0 Å². The number of nitrogens with two attached hydrogens (primary N) is 1. The minimum absolute atomic E-state index is 0.456. The molecule has 0 radical (unpaired) electrons. The van der Waals surface area contributed by atoms with Crippen LogP contribution >= 0.6 is 46.8 Å². The summed E-state index contributed by atoms with van der Waals surface area (Å²) in [5.41, 5.74) is 5.39. The van der Waals surface area contributed by atoms with Crippen LogP contribution in [0.25, 0.3) is 0 Å². The van der Waals surface area contributed by atoms with Crippen LogP contribution < -0.4 is 16.4 Å². The van der Waals surface area contributed by atoms with Gasteiger partial charge >= 0.3 is 0 Å². The number of nitrogens with one attached hydrogen (secondary N) is 2. The minimum atomic E-state index is -1.24. The fourth-order valence-corrected chi connectivity index (χ4v) is 1.66. The molecule has 0 saturated heterocycles. The molecule has 110 valence electrons. The van der Waals surface area contributed by atoms with Gasteiger partial charge in [-0.25, -0.2) is 0 Å². The molecule has 0 aromatic rings. The van der Waals surface area contributed by atoms with Gasteiger partial charge in [-0.15, -0.1) is 0 Å². The molecule has 0 bridgehead atoms. The van der Waals surface area contributed by atoms with Crippen LogP contribution in [-0.2, 0) is 0 Å². The fourth-order valence-electron chi connectivity index (χ4n) is 1.30. The molecule has 4 nitrogen and oxygen atoms in total. The molecule has 0 heterocycles. The number of hydrogen-bond acceptors (Lipinski definition) is 4. The summed E-state index contributed by atoms with van der Waals surface area (Å²) in [6, 6.07) is 0. The normalized spacial score (nSPS) is 12.3. The Morgan fingerprint density at radius 2 is 1.39 bits per heavy atom. The van der Waals surface area contributed by atoms with Gasteiger partial charge in [-0.3, -0.25) is 0 Å². The number of halogens is 4. The van der Waals surface area contributed by atoms with Crippen molar-refractivity contribution in [2.24, 2.45) is 5.73 Å². The Balaban J connectivity index is 3.21. The van der Waals surface area contributed by atoms with Crippen LogP contribution in [0.15, 0.2) is 0 Å². The van der Waals surface area contributed by atoms with Gasteiger partial charge < -0.3 is 16.4 Å². The van der Waals surface area contributed by atoms with Gasteiger partial charge in [0.05, 0.1) is 0 Å². The Morgan fingerprint density at radius 1 is 0.889 bits per heavy atom. The van der Waals surface area contributed by atoms with Gasteiger partial charge in [0.1, 0.15) is 0 Å². The molecular weight excluding hydrogens is 318 g/mol. The lowest BCUT2D eigenvalue weighted by Crippen LogP contribution is -2.30.